The lowest BCUT2D eigenvalue weighted by Crippen LogP contribution is -2.27. The Morgan fingerprint density at radius 3 is 2.86 bits per heavy atom. The predicted octanol–water partition coefficient (Wildman–Crippen LogP) is 4.34. The van der Waals surface area contributed by atoms with Gasteiger partial charge in [-0.05, 0) is 43.4 Å². The van der Waals surface area contributed by atoms with E-state index >= 15 is 0 Å². The highest BCUT2D eigenvalue weighted by atomic mass is 14.5. The minimum atomic E-state index is 0.520. The third-order valence-corrected chi connectivity index (χ3v) is 4.59. The molecule has 0 bridgehead atoms. The van der Waals surface area contributed by atoms with Crippen molar-refractivity contribution in [3.8, 4) is 0 Å². The zero-order valence-corrected chi connectivity index (χ0v) is 9.55. The molecule has 2 rings (SSSR count). The molecule has 78 valence electrons. The van der Waals surface area contributed by atoms with Crippen LogP contribution in [0.25, 0.3) is 0 Å². The van der Waals surface area contributed by atoms with E-state index in [9.17, 15) is 0 Å². The van der Waals surface area contributed by atoms with E-state index < -0.39 is 0 Å². The Hall–Kier alpha value is -0.520. The van der Waals surface area contributed by atoms with E-state index in [0.717, 1.165) is 5.92 Å². The molecule has 0 radical (unpaired) electrons. The molecule has 0 spiro atoms. The maximum atomic E-state index is 3.99. The van der Waals surface area contributed by atoms with Crippen LogP contribution in [0.15, 0.2) is 24.3 Å². The summed E-state index contributed by atoms with van der Waals surface area (Å²) in [6.45, 7) is 8.67. The molecule has 0 nitrogen and oxygen atoms in total. The van der Waals surface area contributed by atoms with Crippen LogP contribution in [0.1, 0.15) is 46.0 Å². The van der Waals surface area contributed by atoms with Gasteiger partial charge in [0.2, 0.25) is 0 Å². The first-order valence-corrected chi connectivity index (χ1v) is 6.01. The fraction of sp³-hybridized carbons (Fsp3) is 0.714. The number of allylic oxidation sites excluding steroid dienone is 3. The first-order chi connectivity index (χ1) is 6.72. The molecule has 0 amide bonds. The van der Waals surface area contributed by atoms with Gasteiger partial charge in [0.05, 0.1) is 0 Å². The standard InChI is InChI=1S/C14H22/c1-4-11-10-12-8-6-7-9-14(12,3)13(11)5-2/h4-5,11-12H,1,6-10H2,2-3H3/b13-5+/t11-,12?,14?/m0/s1. The molecule has 2 fully saturated rings. The number of fused-ring (bicyclic) bond motifs is 1. The second kappa shape index (κ2) is 3.56. The van der Waals surface area contributed by atoms with Crippen molar-refractivity contribution in [2.75, 3.05) is 0 Å². The molecule has 14 heavy (non-hydrogen) atoms. The van der Waals surface area contributed by atoms with Crippen LogP contribution in [-0.4, -0.2) is 0 Å². The molecular weight excluding hydrogens is 168 g/mol. The van der Waals surface area contributed by atoms with Crippen LogP contribution in [-0.2, 0) is 0 Å². The number of hydrogen-bond donors (Lipinski definition) is 0. The summed E-state index contributed by atoms with van der Waals surface area (Å²) in [6, 6.07) is 0. The van der Waals surface area contributed by atoms with E-state index in [-0.39, 0.29) is 0 Å². The second-order valence-corrected chi connectivity index (χ2v) is 5.18. The first kappa shape index (κ1) is 10.0. The van der Waals surface area contributed by atoms with Gasteiger partial charge in [0.1, 0.15) is 0 Å². The van der Waals surface area contributed by atoms with Gasteiger partial charge < -0.3 is 0 Å². The van der Waals surface area contributed by atoms with Crippen molar-refractivity contribution >= 4 is 0 Å². The quantitative estimate of drug-likeness (QED) is 0.540. The fourth-order valence-corrected chi connectivity index (χ4v) is 3.79. The van der Waals surface area contributed by atoms with Gasteiger partial charge in [-0.2, -0.15) is 0 Å². The largest absolute Gasteiger partial charge is 0.102 e. The van der Waals surface area contributed by atoms with E-state index in [1.807, 2.05) is 0 Å². The Bertz CT molecular complexity index is 261. The maximum absolute atomic E-state index is 3.99. The van der Waals surface area contributed by atoms with E-state index in [1.165, 1.54) is 32.1 Å². The first-order valence-electron chi connectivity index (χ1n) is 6.01. The van der Waals surface area contributed by atoms with Crippen LogP contribution in [0, 0.1) is 17.3 Å². The lowest BCUT2D eigenvalue weighted by Gasteiger charge is -2.37. The zero-order valence-electron chi connectivity index (χ0n) is 9.55. The normalized spacial score (nSPS) is 45.1. The van der Waals surface area contributed by atoms with Gasteiger partial charge in [0, 0.05) is 0 Å². The summed E-state index contributed by atoms with van der Waals surface area (Å²) in [6.07, 6.45) is 11.6. The summed E-state index contributed by atoms with van der Waals surface area (Å²) in [5.41, 5.74) is 2.20. The van der Waals surface area contributed by atoms with Crippen LogP contribution in [0.5, 0.6) is 0 Å². The molecule has 0 aromatic carbocycles. The van der Waals surface area contributed by atoms with Crippen molar-refractivity contribution in [1.29, 1.82) is 0 Å². The molecule has 0 heteroatoms. The number of hydrogen-bond acceptors (Lipinski definition) is 0. The van der Waals surface area contributed by atoms with Gasteiger partial charge >= 0.3 is 0 Å². The van der Waals surface area contributed by atoms with Crippen LogP contribution in [0.3, 0.4) is 0 Å². The average Bonchev–Trinajstić information content (AvgIpc) is 2.49. The van der Waals surface area contributed by atoms with Crippen LogP contribution in [0.2, 0.25) is 0 Å². The van der Waals surface area contributed by atoms with Gasteiger partial charge in [-0.1, -0.05) is 37.5 Å². The molecular formula is C14H22. The Morgan fingerprint density at radius 2 is 2.21 bits per heavy atom. The van der Waals surface area contributed by atoms with Crippen molar-refractivity contribution in [2.24, 2.45) is 17.3 Å². The molecule has 2 aliphatic rings. The Balaban J connectivity index is 2.32. The topological polar surface area (TPSA) is 0 Å². The molecule has 0 heterocycles. The fourth-order valence-electron chi connectivity index (χ4n) is 3.79. The third-order valence-electron chi connectivity index (χ3n) is 4.59. The van der Waals surface area contributed by atoms with Gasteiger partial charge in [-0.3, -0.25) is 0 Å². The molecule has 2 aliphatic carbocycles. The SMILES string of the molecule is C=C[C@H]1CC2CCCCC2(C)/C1=C/C. The maximum Gasteiger partial charge on any atom is -0.00176 e. The Kier molecular flexibility index (Phi) is 2.55. The molecule has 0 aromatic rings. The van der Waals surface area contributed by atoms with Crippen molar-refractivity contribution < 1.29 is 0 Å². The summed E-state index contributed by atoms with van der Waals surface area (Å²) < 4.78 is 0. The van der Waals surface area contributed by atoms with Crippen molar-refractivity contribution in [2.45, 2.75) is 46.0 Å². The molecule has 0 aliphatic heterocycles. The lowest BCUT2D eigenvalue weighted by molar-refractivity contribution is 0.188. The summed E-state index contributed by atoms with van der Waals surface area (Å²) >= 11 is 0. The van der Waals surface area contributed by atoms with Crippen LogP contribution in [0.4, 0.5) is 0 Å². The smallest absolute Gasteiger partial charge is 0.00176 e. The molecule has 2 unspecified atom stereocenters. The monoisotopic (exact) mass is 190 g/mol. The summed E-state index contributed by atoms with van der Waals surface area (Å²) in [5, 5.41) is 0. The third kappa shape index (κ3) is 1.27. The van der Waals surface area contributed by atoms with E-state index in [4.69, 9.17) is 0 Å². The molecule has 3 atom stereocenters. The predicted molar refractivity (Wildman–Crippen MR) is 62.1 cm³/mol. The molecule has 0 aromatic heterocycles. The van der Waals surface area contributed by atoms with Crippen molar-refractivity contribution in [3.05, 3.63) is 24.3 Å². The van der Waals surface area contributed by atoms with Crippen molar-refractivity contribution in [3.63, 3.8) is 0 Å². The summed E-state index contributed by atoms with van der Waals surface area (Å²) in [4.78, 5) is 0. The van der Waals surface area contributed by atoms with Crippen molar-refractivity contribution in [1.82, 2.24) is 0 Å². The number of rotatable bonds is 1. The molecule has 0 saturated heterocycles. The average molecular weight is 190 g/mol. The van der Waals surface area contributed by atoms with Crippen LogP contribution >= 0.6 is 0 Å². The minimum absolute atomic E-state index is 0.520. The molecule has 0 N–H and O–H groups in total. The van der Waals surface area contributed by atoms with Gasteiger partial charge in [-0.25, -0.2) is 0 Å². The summed E-state index contributed by atoms with van der Waals surface area (Å²) in [7, 11) is 0. The highest BCUT2D eigenvalue weighted by molar-refractivity contribution is 5.27. The summed E-state index contributed by atoms with van der Waals surface area (Å²) in [5.74, 6) is 1.61. The van der Waals surface area contributed by atoms with Gasteiger partial charge in [0.15, 0.2) is 0 Å². The van der Waals surface area contributed by atoms with E-state index in [2.05, 4.69) is 32.6 Å². The highest BCUT2D eigenvalue weighted by Gasteiger charge is 2.47. The Labute approximate surface area is 88.1 Å². The molecule has 2 saturated carbocycles. The van der Waals surface area contributed by atoms with Gasteiger partial charge in [0.25, 0.3) is 0 Å². The highest BCUT2D eigenvalue weighted by Crippen LogP contribution is 2.57. The lowest BCUT2D eigenvalue weighted by atomic mass is 9.67. The van der Waals surface area contributed by atoms with Gasteiger partial charge in [-0.15, -0.1) is 6.58 Å². The zero-order chi connectivity index (χ0) is 10.2. The second-order valence-electron chi connectivity index (χ2n) is 5.18. The minimum Gasteiger partial charge on any atom is -0.102 e. The van der Waals surface area contributed by atoms with E-state index in [1.54, 1.807) is 5.57 Å². The van der Waals surface area contributed by atoms with E-state index in [0.29, 0.717) is 11.3 Å². The van der Waals surface area contributed by atoms with Crippen LogP contribution < -0.4 is 0 Å². The Morgan fingerprint density at radius 1 is 1.43 bits per heavy atom.